The number of nitrogens with two attached hydrogens (primary N) is 1. The van der Waals surface area contributed by atoms with E-state index in [2.05, 4.69) is 45.0 Å². The molecule has 0 aliphatic carbocycles. The molecule has 0 unspecified atom stereocenters. The second-order valence-electron chi connectivity index (χ2n) is 4.64. The van der Waals surface area contributed by atoms with E-state index in [-0.39, 0.29) is 0 Å². The Morgan fingerprint density at radius 1 is 1.32 bits per heavy atom. The monoisotopic (exact) mass is 322 g/mol. The van der Waals surface area contributed by atoms with E-state index in [1.165, 1.54) is 5.56 Å². The van der Waals surface area contributed by atoms with Crippen molar-refractivity contribution in [2.45, 2.75) is 19.9 Å². The number of benzene rings is 1. The van der Waals surface area contributed by atoms with Crippen LogP contribution in [0.1, 0.15) is 18.2 Å². The van der Waals surface area contributed by atoms with Gasteiger partial charge < -0.3 is 10.6 Å². The standard InChI is InChI=1S/C14H19BrN4/c1-4-12-13(16)14(19(3)17-12)18(2)9-10-5-7-11(15)8-6-10/h5-8H,4,9,16H2,1-3H3. The zero-order valence-electron chi connectivity index (χ0n) is 11.5. The van der Waals surface area contributed by atoms with Crippen LogP contribution in [0.4, 0.5) is 11.5 Å². The number of nitrogen functional groups attached to an aromatic ring is 1. The number of aryl methyl sites for hydroxylation is 2. The van der Waals surface area contributed by atoms with E-state index in [0.717, 1.165) is 34.6 Å². The zero-order valence-corrected chi connectivity index (χ0v) is 13.1. The third-order valence-electron chi connectivity index (χ3n) is 3.16. The van der Waals surface area contributed by atoms with Crippen LogP contribution in [0, 0.1) is 0 Å². The van der Waals surface area contributed by atoms with Crippen molar-refractivity contribution in [3.63, 3.8) is 0 Å². The lowest BCUT2D eigenvalue weighted by Crippen LogP contribution is -2.20. The summed E-state index contributed by atoms with van der Waals surface area (Å²) >= 11 is 3.44. The predicted octanol–water partition coefficient (Wildman–Crippen LogP) is 2.96. The van der Waals surface area contributed by atoms with Crippen molar-refractivity contribution in [2.24, 2.45) is 7.05 Å². The van der Waals surface area contributed by atoms with Gasteiger partial charge in [0.25, 0.3) is 0 Å². The summed E-state index contributed by atoms with van der Waals surface area (Å²) in [5.74, 6) is 0.972. The number of hydrogen-bond donors (Lipinski definition) is 1. The van der Waals surface area contributed by atoms with Gasteiger partial charge in [-0.05, 0) is 24.1 Å². The van der Waals surface area contributed by atoms with Gasteiger partial charge >= 0.3 is 0 Å². The van der Waals surface area contributed by atoms with Gasteiger partial charge in [0.15, 0.2) is 0 Å². The minimum Gasteiger partial charge on any atom is -0.394 e. The highest BCUT2D eigenvalue weighted by molar-refractivity contribution is 9.10. The van der Waals surface area contributed by atoms with Gasteiger partial charge in [-0.1, -0.05) is 35.0 Å². The fourth-order valence-corrected chi connectivity index (χ4v) is 2.50. The van der Waals surface area contributed by atoms with E-state index in [9.17, 15) is 0 Å². The SMILES string of the molecule is CCc1nn(C)c(N(C)Cc2ccc(Br)cc2)c1N. The van der Waals surface area contributed by atoms with E-state index in [1.807, 2.05) is 30.9 Å². The summed E-state index contributed by atoms with van der Waals surface area (Å²) in [4.78, 5) is 2.13. The Balaban J connectivity index is 2.22. The summed E-state index contributed by atoms with van der Waals surface area (Å²) in [6, 6.07) is 8.31. The summed E-state index contributed by atoms with van der Waals surface area (Å²) in [7, 11) is 3.97. The van der Waals surface area contributed by atoms with Crippen LogP contribution in [-0.4, -0.2) is 16.8 Å². The Labute approximate surface area is 122 Å². The molecule has 1 aromatic heterocycles. The molecular formula is C14H19BrN4. The summed E-state index contributed by atoms with van der Waals surface area (Å²) in [5, 5.41) is 4.45. The molecule has 0 aliphatic heterocycles. The third kappa shape index (κ3) is 2.92. The maximum absolute atomic E-state index is 6.16. The summed E-state index contributed by atoms with van der Waals surface area (Å²) in [6.45, 7) is 2.87. The van der Waals surface area contributed by atoms with Crippen molar-refractivity contribution < 1.29 is 0 Å². The Bertz CT molecular complexity index is 560. The molecule has 0 aliphatic rings. The van der Waals surface area contributed by atoms with Crippen molar-refractivity contribution in [2.75, 3.05) is 17.7 Å². The first-order valence-corrected chi connectivity index (χ1v) is 7.09. The van der Waals surface area contributed by atoms with Gasteiger partial charge in [-0.3, -0.25) is 4.68 Å². The number of nitrogens with zero attached hydrogens (tertiary/aromatic N) is 3. The minimum atomic E-state index is 0.782. The molecule has 0 fully saturated rings. The average Bonchev–Trinajstić information content (AvgIpc) is 2.67. The molecule has 0 amide bonds. The molecule has 1 heterocycles. The molecule has 19 heavy (non-hydrogen) atoms. The molecule has 5 heteroatoms. The summed E-state index contributed by atoms with van der Waals surface area (Å²) in [5.41, 5.74) is 9.14. The van der Waals surface area contributed by atoms with E-state index in [1.54, 1.807) is 0 Å². The second kappa shape index (κ2) is 5.65. The molecule has 0 atom stereocenters. The molecule has 102 valence electrons. The van der Waals surface area contributed by atoms with Crippen molar-refractivity contribution >= 4 is 27.4 Å². The topological polar surface area (TPSA) is 47.1 Å². The zero-order chi connectivity index (χ0) is 14.0. The lowest BCUT2D eigenvalue weighted by Gasteiger charge is -2.20. The van der Waals surface area contributed by atoms with Crippen LogP contribution in [0.2, 0.25) is 0 Å². The molecule has 2 N–H and O–H groups in total. The molecule has 0 bridgehead atoms. The molecule has 2 rings (SSSR count). The van der Waals surface area contributed by atoms with Gasteiger partial charge in [-0.25, -0.2) is 0 Å². The van der Waals surface area contributed by atoms with E-state index in [4.69, 9.17) is 5.73 Å². The minimum absolute atomic E-state index is 0.782. The summed E-state index contributed by atoms with van der Waals surface area (Å²) in [6.07, 6.45) is 0.853. The maximum atomic E-state index is 6.16. The normalized spacial score (nSPS) is 10.7. The number of anilines is 2. The van der Waals surface area contributed by atoms with Crippen LogP contribution >= 0.6 is 15.9 Å². The number of halogens is 1. The smallest absolute Gasteiger partial charge is 0.150 e. The Hall–Kier alpha value is -1.49. The first-order valence-electron chi connectivity index (χ1n) is 6.29. The average molecular weight is 323 g/mol. The van der Waals surface area contributed by atoms with E-state index in [0.29, 0.717) is 0 Å². The predicted molar refractivity (Wildman–Crippen MR) is 83.2 cm³/mol. The fraction of sp³-hybridized carbons (Fsp3) is 0.357. The highest BCUT2D eigenvalue weighted by Crippen LogP contribution is 2.26. The van der Waals surface area contributed by atoms with Crippen molar-refractivity contribution in [1.29, 1.82) is 0 Å². The van der Waals surface area contributed by atoms with Crippen molar-refractivity contribution in [1.82, 2.24) is 9.78 Å². The van der Waals surface area contributed by atoms with Crippen molar-refractivity contribution in [3.05, 3.63) is 40.0 Å². The van der Waals surface area contributed by atoms with E-state index < -0.39 is 0 Å². The summed E-state index contributed by atoms with van der Waals surface area (Å²) < 4.78 is 2.94. The molecule has 1 aromatic carbocycles. The fourth-order valence-electron chi connectivity index (χ4n) is 2.24. The second-order valence-corrected chi connectivity index (χ2v) is 5.56. The van der Waals surface area contributed by atoms with Crippen LogP contribution in [0.25, 0.3) is 0 Å². The van der Waals surface area contributed by atoms with Crippen LogP contribution in [0.15, 0.2) is 28.7 Å². The largest absolute Gasteiger partial charge is 0.394 e. The molecule has 0 spiro atoms. The number of hydrogen-bond acceptors (Lipinski definition) is 3. The van der Waals surface area contributed by atoms with Crippen LogP contribution in [0.5, 0.6) is 0 Å². The Morgan fingerprint density at radius 3 is 2.47 bits per heavy atom. The van der Waals surface area contributed by atoms with E-state index >= 15 is 0 Å². The van der Waals surface area contributed by atoms with Gasteiger partial charge in [-0.15, -0.1) is 0 Å². The molecule has 0 radical (unpaired) electrons. The maximum Gasteiger partial charge on any atom is 0.150 e. The van der Waals surface area contributed by atoms with Crippen LogP contribution in [-0.2, 0) is 20.0 Å². The third-order valence-corrected chi connectivity index (χ3v) is 3.69. The highest BCUT2D eigenvalue weighted by Gasteiger charge is 2.15. The molecule has 4 nitrogen and oxygen atoms in total. The highest BCUT2D eigenvalue weighted by atomic mass is 79.9. The number of aromatic nitrogens is 2. The lowest BCUT2D eigenvalue weighted by atomic mass is 10.2. The van der Waals surface area contributed by atoms with Crippen molar-refractivity contribution in [3.8, 4) is 0 Å². The Kier molecular flexibility index (Phi) is 4.14. The van der Waals surface area contributed by atoms with Gasteiger partial charge in [0.05, 0.1) is 11.4 Å². The lowest BCUT2D eigenvalue weighted by molar-refractivity contribution is 0.720. The molecule has 2 aromatic rings. The van der Waals surface area contributed by atoms with Crippen LogP contribution in [0.3, 0.4) is 0 Å². The molecule has 0 saturated carbocycles. The first-order chi connectivity index (χ1) is 9.02. The first kappa shape index (κ1) is 13.9. The number of rotatable bonds is 4. The Morgan fingerprint density at radius 2 is 1.95 bits per heavy atom. The van der Waals surface area contributed by atoms with Gasteiger partial charge in [-0.2, -0.15) is 5.10 Å². The van der Waals surface area contributed by atoms with Crippen LogP contribution < -0.4 is 10.6 Å². The quantitative estimate of drug-likeness (QED) is 0.941. The van der Waals surface area contributed by atoms with Gasteiger partial charge in [0, 0.05) is 25.1 Å². The van der Waals surface area contributed by atoms with Gasteiger partial charge in [0.1, 0.15) is 5.82 Å². The van der Waals surface area contributed by atoms with Gasteiger partial charge in [0.2, 0.25) is 0 Å². The molecular weight excluding hydrogens is 304 g/mol. The molecule has 0 saturated heterocycles.